The number of aromatic nitrogens is 1. The Morgan fingerprint density at radius 3 is 2.73 bits per heavy atom. The molecule has 1 fully saturated rings. The maximum atomic E-state index is 13.2. The van der Waals surface area contributed by atoms with E-state index in [1.807, 2.05) is 6.92 Å². The fourth-order valence-corrected chi connectivity index (χ4v) is 5.13. The van der Waals surface area contributed by atoms with Gasteiger partial charge in [-0.15, -0.1) is 0 Å². The SMILES string of the molecule is COC(=O)[C@@H]1CCCN1S(=O)(=O)c1ccc(C)nc1CCCCCCO. The molecule has 1 aliphatic rings. The number of carbonyl (C=O) groups excluding carboxylic acids is 1. The molecule has 146 valence electrons. The topological polar surface area (TPSA) is 96.8 Å². The number of aliphatic hydroxyl groups is 1. The molecule has 1 aromatic rings. The molecule has 0 aliphatic carbocycles. The minimum Gasteiger partial charge on any atom is -0.468 e. The molecule has 2 rings (SSSR count). The average molecular weight is 384 g/mol. The van der Waals surface area contributed by atoms with Crippen LogP contribution in [0.2, 0.25) is 0 Å². The van der Waals surface area contributed by atoms with Crippen molar-refractivity contribution in [2.75, 3.05) is 20.3 Å². The molecule has 0 saturated carbocycles. The Hall–Kier alpha value is -1.51. The van der Waals surface area contributed by atoms with E-state index in [2.05, 4.69) is 4.98 Å². The van der Waals surface area contributed by atoms with Gasteiger partial charge in [0.25, 0.3) is 0 Å². The molecule has 0 bridgehead atoms. The molecule has 0 spiro atoms. The first kappa shape index (κ1) is 20.8. The van der Waals surface area contributed by atoms with E-state index in [0.717, 1.165) is 31.4 Å². The summed E-state index contributed by atoms with van der Waals surface area (Å²) in [5.74, 6) is -0.517. The van der Waals surface area contributed by atoms with Crippen LogP contribution in [0, 0.1) is 6.92 Å². The molecule has 0 aromatic carbocycles. The number of pyridine rings is 1. The smallest absolute Gasteiger partial charge is 0.324 e. The Labute approximate surface area is 155 Å². The third-order valence-corrected chi connectivity index (χ3v) is 6.64. The molecular formula is C18H28N2O5S. The molecule has 1 aliphatic heterocycles. The maximum Gasteiger partial charge on any atom is 0.324 e. The van der Waals surface area contributed by atoms with Crippen LogP contribution < -0.4 is 0 Å². The summed E-state index contributed by atoms with van der Waals surface area (Å²) in [4.78, 5) is 16.6. The molecule has 1 atom stereocenters. The summed E-state index contributed by atoms with van der Waals surface area (Å²) >= 11 is 0. The number of esters is 1. The van der Waals surface area contributed by atoms with Gasteiger partial charge in [0.15, 0.2) is 0 Å². The van der Waals surface area contributed by atoms with Gasteiger partial charge in [-0.3, -0.25) is 9.78 Å². The van der Waals surface area contributed by atoms with Crippen molar-refractivity contribution in [3.63, 3.8) is 0 Å². The monoisotopic (exact) mass is 384 g/mol. The zero-order chi connectivity index (χ0) is 19.2. The summed E-state index contributed by atoms with van der Waals surface area (Å²) in [5.41, 5.74) is 1.31. The number of aryl methyl sites for hydroxylation is 2. The van der Waals surface area contributed by atoms with Gasteiger partial charge >= 0.3 is 5.97 Å². The summed E-state index contributed by atoms with van der Waals surface area (Å²) in [6.45, 7) is 2.32. The molecule has 1 N–H and O–H groups in total. The molecule has 8 heteroatoms. The van der Waals surface area contributed by atoms with Crippen LogP contribution in [-0.2, 0) is 26.0 Å². The minimum atomic E-state index is -3.81. The second kappa shape index (κ2) is 9.43. The normalized spacial score (nSPS) is 18.2. The number of aliphatic hydroxyl groups excluding tert-OH is 1. The van der Waals surface area contributed by atoms with E-state index in [9.17, 15) is 13.2 Å². The highest BCUT2D eigenvalue weighted by Gasteiger charge is 2.41. The molecule has 0 unspecified atom stereocenters. The van der Waals surface area contributed by atoms with Crippen molar-refractivity contribution in [3.8, 4) is 0 Å². The number of sulfonamides is 1. The van der Waals surface area contributed by atoms with Crippen molar-refractivity contribution in [1.29, 1.82) is 0 Å². The van der Waals surface area contributed by atoms with Gasteiger partial charge in [-0.2, -0.15) is 4.31 Å². The zero-order valence-electron chi connectivity index (χ0n) is 15.5. The third-order valence-electron chi connectivity index (χ3n) is 4.66. The zero-order valence-corrected chi connectivity index (χ0v) is 16.3. The lowest BCUT2D eigenvalue weighted by molar-refractivity contribution is -0.144. The first-order valence-electron chi connectivity index (χ1n) is 9.09. The Bertz CT molecular complexity index is 720. The number of hydrogen-bond acceptors (Lipinski definition) is 6. The first-order valence-corrected chi connectivity index (χ1v) is 10.5. The van der Waals surface area contributed by atoms with Crippen LogP contribution in [0.25, 0.3) is 0 Å². The molecule has 26 heavy (non-hydrogen) atoms. The van der Waals surface area contributed by atoms with Crippen LogP contribution in [0.15, 0.2) is 17.0 Å². The van der Waals surface area contributed by atoms with Gasteiger partial charge in [-0.25, -0.2) is 8.42 Å². The van der Waals surface area contributed by atoms with Gasteiger partial charge in [0, 0.05) is 18.8 Å². The van der Waals surface area contributed by atoms with E-state index in [4.69, 9.17) is 9.84 Å². The molecule has 1 aromatic heterocycles. The lowest BCUT2D eigenvalue weighted by atomic mass is 10.1. The van der Waals surface area contributed by atoms with E-state index < -0.39 is 22.0 Å². The highest BCUT2D eigenvalue weighted by atomic mass is 32.2. The molecule has 7 nitrogen and oxygen atoms in total. The molecular weight excluding hydrogens is 356 g/mol. The number of unbranched alkanes of at least 4 members (excludes halogenated alkanes) is 3. The minimum absolute atomic E-state index is 0.173. The van der Waals surface area contributed by atoms with Gasteiger partial charge in [0.2, 0.25) is 10.0 Å². The maximum absolute atomic E-state index is 13.2. The largest absolute Gasteiger partial charge is 0.468 e. The summed E-state index contributed by atoms with van der Waals surface area (Å²) in [6, 6.07) is 2.52. The standard InChI is InChI=1S/C18H28N2O5S/c1-14-10-11-17(15(19-14)8-5-3-4-6-13-21)26(23,24)20-12-7-9-16(20)18(22)25-2/h10-11,16,21H,3-9,12-13H2,1-2H3/t16-/m0/s1. The van der Waals surface area contributed by atoms with Gasteiger partial charge in [-0.1, -0.05) is 12.8 Å². The summed E-state index contributed by atoms with van der Waals surface area (Å²) in [5, 5.41) is 8.85. The number of nitrogens with zero attached hydrogens (tertiary/aromatic N) is 2. The quantitative estimate of drug-likeness (QED) is 0.515. The lowest BCUT2D eigenvalue weighted by Gasteiger charge is -2.23. The van der Waals surface area contributed by atoms with E-state index >= 15 is 0 Å². The second-order valence-electron chi connectivity index (χ2n) is 6.58. The summed E-state index contributed by atoms with van der Waals surface area (Å²) < 4.78 is 32.4. The van der Waals surface area contributed by atoms with Crippen LogP contribution in [0.5, 0.6) is 0 Å². The van der Waals surface area contributed by atoms with Crippen LogP contribution in [0.3, 0.4) is 0 Å². The van der Waals surface area contributed by atoms with Crippen LogP contribution in [-0.4, -0.2) is 55.1 Å². The fourth-order valence-electron chi connectivity index (χ4n) is 3.30. The number of hydrogen-bond donors (Lipinski definition) is 1. The molecule has 0 radical (unpaired) electrons. The van der Waals surface area contributed by atoms with E-state index in [1.165, 1.54) is 11.4 Å². The average Bonchev–Trinajstić information content (AvgIpc) is 3.11. The highest BCUT2D eigenvalue weighted by molar-refractivity contribution is 7.89. The Kier molecular flexibility index (Phi) is 7.55. The lowest BCUT2D eigenvalue weighted by Crippen LogP contribution is -2.41. The van der Waals surface area contributed by atoms with E-state index in [1.54, 1.807) is 12.1 Å². The number of rotatable bonds is 9. The van der Waals surface area contributed by atoms with Gasteiger partial charge in [0.1, 0.15) is 10.9 Å². The van der Waals surface area contributed by atoms with Crippen molar-refractivity contribution in [1.82, 2.24) is 9.29 Å². The third kappa shape index (κ3) is 4.81. The van der Waals surface area contributed by atoms with Gasteiger partial charge in [-0.05, 0) is 51.2 Å². The molecule has 2 heterocycles. The molecule has 0 amide bonds. The number of methoxy groups -OCH3 is 1. The first-order chi connectivity index (χ1) is 12.4. The van der Waals surface area contributed by atoms with Crippen molar-refractivity contribution >= 4 is 16.0 Å². The summed E-state index contributed by atoms with van der Waals surface area (Å²) in [6.07, 6.45) is 5.03. The van der Waals surface area contributed by atoms with Crippen LogP contribution >= 0.6 is 0 Å². The number of ether oxygens (including phenoxy) is 1. The van der Waals surface area contributed by atoms with Crippen molar-refractivity contribution in [2.45, 2.75) is 62.8 Å². The second-order valence-corrected chi connectivity index (χ2v) is 8.44. The predicted octanol–water partition coefficient (Wildman–Crippen LogP) is 1.81. The Balaban J connectivity index is 2.24. The van der Waals surface area contributed by atoms with Crippen molar-refractivity contribution in [3.05, 3.63) is 23.5 Å². The van der Waals surface area contributed by atoms with Crippen molar-refractivity contribution < 1.29 is 23.1 Å². The summed E-state index contributed by atoms with van der Waals surface area (Å²) in [7, 11) is -2.53. The van der Waals surface area contributed by atoms with Crippen LogP contribution in [0.4, 0.5) is 0 Å². The van der Waals surface area contributed by atoms with E-state index in [0.29, 0.717) is 31.5 Å². The van der Waals surface area contributed by atoms with Crippen LogP contribution in [0.1, 0.15) is 49.9 Å². The predicted molar refractivity (Wildman–Crippen MR) is 97.2 cm³/mol. The van der Waals surface area contributed by atoms with E-state index in [-0.39, 0.29) is 11.5 Å². The molecule has 1 saturated heterocycles. The Morgan fingerprint density at radius 1 is 1.31 bits per heavy atom. The Morgan fingerprint density at radius 2 is 2.04 bits per heavy atom. The van der Waals surface area contributed by atoms with Gasteiger partial charge < -0.3 is 9.84 Å². The van der Waals surface area contributed by atoms with Crippen molar-refractivity contribution in [2.24, 2.45) is 0 Å². The van der Waals surface area contributed by atoms with Gasteiger partial charge in [0.05, 0.1) is 12.8 Å². The fraction of sp³-hybridized carbons (Fsp3) is 0.667. The highest BCUT2D eigenvalue weighted by Crippen LogP contribution is 2.29. The number of carbonyl (C=O) groups is 1.